The van der Waals surface area contributed by atoms with Gasteiger partial charge in [-0.05, 0) is 37.8 Å². The SMILES string of the molecule is Cc1ccc2c(c1)CC(C)C(C)N2. The zero-order chi connectivity index (χ0) is 9.42. The third kappa shape index (κ3) is 1.55. The van der Waals surface area contributed by atoms with Crippen LogP contribution in [0.4, 0.5) is 5.69 Å². The first-order chi connectivity index (χ1) is 6.16. The predicted octanol–water partition coefficient (Wildman–Crippen LogP) is 2.99. The normalized spacial score (nSPS) is 26.4. The van der Waals surface area contributed by atoms with Gasteiger partial charge in [-0.3, -0.25) is 0 Å². The van der Waals surface area contributed by atoms with Crippen molar-refractivity contribution in [3.8, 4) is 0 Å². The monoisotopic (exact) mass is 175 g/mol. The van der Waals surface area contributed by atoms with Gasteiger partial charge in [0.15, 0.2) is 0 Å². The van der Waals surface area contributed by atoms with E-state index in [1.165, 1.54) is 23.2 Å². The fraction of sp³-hybridized carbons (Fsp3) is 0.500. The summed E-state index contributed by atoms with van der Waals surface area (Å²) in [7, 11) is 0. The lowest BCUT2D eigenvalue weighted by Gasteiger charge is -2.30. The van der Waals surface area contributed by atoms with Crippen LogP contribution in [-0.2, 0) is 6.42 Å². The van der Waals surface area contributed by atoms with Crippen LogP contribution in [0.3, 0.4) is 0 Å². The molecule has 0 aromatic heterocycles. The lowest BCUT2D eigenvalue weighted by molar-refractivity contribution is 0.491. The molecule has 0 radical (unpaired) electrons. The topological polar surface area (TPSA) is 12.0 Å². The summed E-state index contributed by atoms with van der Waals surface area (Å²) in [4.78, 5) is 0. The summed E-state index contributed by atoms with van der Waals surface area (Å²) in [6, 6.07) is 7.28. The first kappa shape index (κ1) is 8.61. The van der Waals surface area contributed by atoms with Gasteiger partial charge >= 0.3 is 0 Å². The Labute approximate surface area is 80.2 Å². The molecular weight excluding hydrogens is 158 g/mol. The Morgan fingerprint density at radius 2 is 2.08 bits per heavy atom. The molecule has 1 aliphatic heterocycles. The first-order valence-corrected chi connectivity index (χ1v) is 5.03. The zero-order valence-corrected chi connectivity index (χ0v) is 8.59. The van der Waals surface area contributed by atoms with Crippen LogP contribution in [0.15, 0.2) is 18.2 Å². The third-order valence-electron chi connectivity index (χ3n) is 3.04. The van der Waals surface area contributed by atoms with Crippen molar-refractivity contribution >= 4 is 5.69 Å². The molecule has 2 unspecified atom stereocenters. The molecule has 1 nitrogen and oxygen atoms in total. The molecule has 1 aromatic rings. The van der Waals surface area contributed by atoms with E-state index in [-0.39, 0.29) is 0 Å². The number of aryl methyl sites for hydroxylation is 1. The molecule has 13 heavy (non-hydrogen) atoms. The number of nitrogens with one attached hydrogen (secondary N) is 1. The van der Waals surface area contributed by atoms with Gasteiger partial charge in [0.1, 0.15) is 0 Å². The molecule has 0 fully saturated rings. The molecule has 1 aromatic carbocycles. The average molecular weight is 175 g/mol. The van der Waals surface area contributed by atoms with Gasteiger partial charge in [0.2, 0.25) is 0 Å². The second-order valence-electron chi connectivity index (χ2n) is 4.28. The van der Waals surface area contributed by atoms with Crippen molar-refractivity contribution in [1.29, 1.82) is 0 Å². The van der Waals surface area contributed by atoms with Crippen LogP contribution in [0, 0.1) is 12.8 Å². The summed E-state index contributed by atoms with van der Waals surface area (Å²) in [5.41, 5.74) is 4.17. The molecule has 2 atom stereocenters. The highest BCUT2D eigenvalue weighted by Gasteiger charge is 2.20. The van der Waals surface area contributed by atoms with Crippen LogP contribution in [0.2, 0.25) is 0 Å². The highest BCUT2D eigenvalue weighted by atomic mass is 14.9. The van der Waals surface area contributed by atoms with E-state index in [1.807, 2.05) is 0 Å². The Hall–Kier alpha value is -0.980. The Kier molecular flexibility index (Phi) is 2.03. The Morgan fingerprint density at radius 3 is 2.85 bits per heavy atom. The van der Waals surface area contributed by atoms with Gasteiger partial charge in [0.05, 0.1) is 0 Å². The van der Waals surface area contributed by atoms with Crippen LogP contribution in [-0.4, -0.2) is 6.04 Å². The van der Waals surface area contributed by atoms with Crippen molar-refractivity contribution < 1.29 is 0 Å². The van der Waals surface area contributed by atoms with E-state index in [9.17, 15) is 0 Å². The minimum atomic E-state index is 0.607. The van der Waals surface area contributed by atoms with Crippen LogP contribution in [0.25, 0.3) is 0 Å². The molecular formula is C12H17N. The zero-order valence-electron chi connectivity index (χ0n) is 8.59. The lowest BCUT2D eigenvalue weighted by Crippen LogP contribution is -2.30. The van der Waals surface area contributed by atoms with Crippen LogP contribution >= 0.6 is 0 Å². The summed E-state index contributed by atoms with van der Waals surface area (Å²) < 4.78 is 0. The van der Waals surface area contributed by atoms with Gasteiger partial charge in [-0.1, -0.05) is 24.6 Å². The third-order valence-corrected chi connectivity index (χ3v) is 3.04. The molecule has 1 heteroatoms. The molecule has 0 bridgehead atoms. The number of benzene rings is 1. The van der Waals surface area contributed by atoms with E-state index in [1.54, 1.807) is 0 Å². The maximum Gasteiger partial charge on any atom is 0.0375 e. The number of hydrogen-bond donors (Lipinski definition) is 1. The number of fused-ring (bicyclic) bond motifs is 1. The average Bonchev–Trinajstić information content (AvgIpc) is 2.08. The molecule has 70 valence electrons. The molecule has 0 saturated heterocycles. The molecule has 0 spiro atoms. The van der Waals surface area contributed by atoms with E-state index in [4.69, 9.17) is 0 Å². The van der Waals surface area contributed by atoms with Crippen molar-refractivity contribution in [1.82, 2.24) is 0 Å². The largest absolute Gasteiger partial charge is 0.382 e. The standard InChI is InChI=1S/C12H17N/c1-8-4-5-12-11(6-8)7-9(2)10(3)13-12/h4-6,9-10,13H,7H2,1-3H3. The maximum atomic E-state index is 3.54. The van der Waals surface area contributed by atoms with Crippen molar-refractivity contribution in [3.63, 3.8) is 0 Å². The van der Waals surface area contributed by atoms with Crippen LogP contribution < -0.4 is 5.32 Å². The van der Waals surface area contributed by atoms with Crippen LogP contribution in [0.1, 0.15) is 25.0 Å². The van der Waals surface area contributed by atoms with E-state index in [0.29, 0.717) is 6.04 Å². The summed E-state index contributed by atoms with van der Waals surface area (Å²) in [5, 5.41) is 3.54. The fourth-order valence-electron chi connectivity index (χ4n) is 1.94. The number of rotatable bonds is 0. The fourth-order valence-corrected chi connectivity index (χ4v) is 1.94. The second kappa shape index (κ2) is 3.06. The van der Waals surface area contributed by atoms with Gasteiger partial charge in [0, 0.05) is 11.7 Å². The molecule has 0 saturated carbocycles. The van der Waals surface area contributed by atoms with Crippen LogP contribution in [0.5, 0.6) is 0 Å². The highest BCUT2D eigenvalue weighted by molar-refractivity contribution is 5.55. The number of anilines is 1. The predicted molar refractivity (Wildman–Crippen MR) is 57.1 cm³/mol. The first-order valence-electron chi connectivity index (χ1n) is 5.03. The van der Waals surface area contributed by atoms with Crippen molar-refractivity contribution in [3.05, 3.63) is 29.3 Å². The van der Waals surface area contributed by atoms with Gasteiger partial charge in [-0.15, -0.1) is 0 Å². The van der Waals surface area contributed by atoms with Gasteiger partial charge in [-0.25, -0.2) is 0 Å². The van der Waals surface area contributed by atoms with Gasteiger partial charge in [-0.2, -0.15) is 0 Å². The van der Waals surface area contributed by atoms with E-state index < -0.39 is 0 Å². The van der Waals surface area contributed by atoms with Crippen molar-refractivity contribution in [2.75, 3.05) is 5.32 Å². The van der Waals surface area contributed by atoms with Crippen molar-refractivity contribution in [2.24, 2.45) is 5.92 Å². The molecule has 1 heterocycles. The Bertz CT molecular complexity index is 317. The van der Waals surface area contributed by atoms with E-state index >= 15 is 0 Å². The van der Waals surface area contributed by atoms with E-state index in [0.717, 1.165) is 5.92 Å². The minimum Gasteiger partial charge on any atom is -0.382 e. The minimum absolute atomic E-state index is 0.607. The quantitative estimate of drug-likeness (QED) is 0.639. The van der Waals surface area contributed by atoms with E-state index in [2.05, 4.69) is 44.3 Å². The molecule has 0 aliphatic carbocycles. The van der Waals surface area contributed by atoms with Gasteiger partial charge in [0.25, 0.3) is 0 Å². The molecule has 1 N–H and O–H groups in total. The molecule has 0 amide bonds. The smallest absolute Gasteiger partial charge is 0.0375 e. The van der Waals surface area contributed by atoms with Crippen molar-refractivity contribution in [2.45, 2.75) is 33.2 Å². The van der Waals surface area contributed by atoms with Gasteiger partial charge < -0.3 is 5.32 Å². The lowest BCUT2D eigenvalue weighted by atomic mass is 9.89. The Morgan fingerprint density at radius 1 is 1.31 bits per heavy atom. The maximum absolute atomic E-state index is 3.54. The molecule has 1 aliphatic rings. The summed E-state index contributed by atoms with van der Waals surface area (Å²) in [6.07, 6.45) is 1.21. The summed E-state index contributed by atoms with van der Waals surface area (Å²) in [5.74, 6) is 0.745. The Balaban J connectivity index is 2.37. The summed E-state index contributed by atoms with van der Waals surface area (Å²) >= 11 is 0. The molecule has 2 rings (SSSR count). The summed E-state index contributed by atoms with van der Waals surface area (Å²) in [6.45, 7) is 6.72. The number of hydrogen-bond acceptors (Lipinski definition) is 1. The second-order valence-corrected chi connectivity index (χ2v) is 4.28. The highest BCUT2D eigenvalue weighted by Crippen LogP contribution is 2.28.